The van der Waals surface area contributed by atoms with Crippen LogP contribution >= 0.6 is 23.6 Å². The Bertz CT molecular complexity index is 1430. The molecule has 2 N–H and O–H groups in total. The molecule has 1 aliphatic heterocycles. The van der Waals surface area contributed by atoms with Crippen molar-refractivity contribution in [1.29, 1.82) is 0 Å². The number of amides is 1. The number of nitrogens with one attached hydrogen (secondary N) is 2. The second kappa shape index (κ2) is 10.4. The highest BCUT2D eigenvalue weighted by Crippen LogP contribution is 2.32. The van der Waals surface area contributed by atoms with Crippen molar-refractivity contribution in [2.24, 2.45) is 0 Å². The van der Waals surface area contributed by atoms with Gasteiger partial charge in [0.15, 0.2) is 5.11 Å². The van der Waals surface area contributed by atoms with E-state index in [1.807, 2.05) is 53.4 Å². The Hall–Kier alpha value is -3.89. The highest BCUT2D eigenvalue weighted by molar-refractivity contribution is 7.80. The number of anilines is 2. The molecule has 2 heterocycles. The molecule has 3 aromatic carbocycles. The molecule has 0 unspecified atom stereocenters. The molecule has 4 aromatic rings. The number of rotatable bonds is 5. The van der Waals surface area contributed by atoms with E-state index in [0.29, 0.717) is 11.4 Å². The van der Waals surface area contributed by atoms with Gasteiger partial charge in [-0.15, -0.1) is 11.3 Å². The van der Waals surface area contributed by atoms with Crippen molar-refractivity contribution < 1.29 is 9.72 Å². The second-order valence-electron chi connectivity index (χ2n) is 8.48. The first kappa shape index (κ1) is 23.8. The molecule has 1 aromatic heterocycles. The summed E-state index contributed by atoms with van der Waals surface area (Å²) in [5, 5.41) is 18.3. The molecule has 182 valence electrons. The van der Waals surface area contributed by atoms with Gasteiger partial charge in [0.05, 0.1) is 15.1 Å². The molecule has 36 heavy (non-hydrogen) atoms. The number of nitro groups is 1. The van der Waals surface area contributed by atoms with Crippen LogP contribution < -0.4 is 15.5 Å². The van der Waals surface area contributed by atoms with Gasteiger partial charge in [-0.25, -0.2) is 4.98 Å². The van der Waals surface area contributed by atoms with Crippen molar-refractivity contribution in [1.82, 2.24) is 10.3 Å². The van der Waals surface area contributed by atoms with Gasteiger partial charge in [-0.2, -0.15) is 0 Å². The molecule has 1 fully saturated rings. The maximum atomic E-state index is 12.8. The zero-order valence-corrected chi connectivity index (χ0v) is 20.9. The van der Waals surface area contributed by atoms with Crippen molar-refractivity contribution in [2.75, 3.05) is 23.3 Å². The molecule has 0 atom stereocenters. The molecule has 1 saturated heterocycles. The lowest BCUT2D eigenvalue weighted by atomic mass is 10.1. The van der Waals surface area contributed by atoms with Crippen LogP contribution in [0.15, 0.2) is 66.7 Å². The van der Waals surface area contributed by atoms with E-state index in [4.69, 9.17) is 12.2 Å². The van der Waals surface area contributed by atoms with Gasteiger partial charge in [-0.05, 0) is 67.9 Å². The van der Waals surface area contributed by atoms with E-state index >= 15 is 0 Å². The summed E-state index contributed by atoms with van der Waals surface area (Å²) in [6, 6.07) is 20.1. The van der Waals surface area contributed by atoms with Crippen LogP contribution in [0.3, 0.4) is 0 Å². The quantitative estimate of drug-likeness (QED) is 0.191. The average molecular weight is 518 g/mol. The maximum Gasteiger partial charge on any atom is 0.293 e. The third kappa shape index (κ3) is 5.19. The Kier molecular flexibility index (Phi) is 6.88. The summed E-state index contributed by atoms with van der Waals surface area (Å²) < 4.78 is 1.11. The summed E-state index contributed by atoms with van der Waals surface area (Å²) in [4.78, 5) is 30.8. The van der Waals surface area contributed by atoms with Gasteiger partial charge < -0.3 is 10.2 Å². The van der Waals surface area contributed by atoms with Crippen molar-refractivity contribution >= 4 is 61.9 Å². The molecule has 0 aliphatic carbocycles. The number of hydrogen-bond acceptors (Lipinski definition) is 7. The van der Waals surface area contributed by atoms with E-state index in [0.717, 1.165) is 53.1 Å². The molecular weight excluding hydrogens is 494 g/mol. The summed E-state index contributed by atoms with van der Waals surface area (Å²) >= 11 is 6.94. The zero-order valence-electron chi connectivity index (χ0n) is 19.3. The molecule has 0 bridgehead atoms. The van der Waals surface area contributed by atoms with Gasteiger partial charge in [0.2, 0.25) is 0 Å². The Morgan fingerprint density at radius 3 is 2.61 bits per heavy atom. The predicted octanol–water partition coefficient (Wildman–Crippen LogP) is 5.99. The number of aromatic nitrogens is 1. The van der Waals surface area contributed by atoms with Gasteiger partial charge >= 0.3 is 0 Å². The number of carbonyl (C=O) groups excluding carboxylic acids is 1. The van der Waals surface area contributed by atoms with Crippen molar-refractivity contribution in [3.8, 4) is 10.6 Å². The van der Waals surface area contributed by atoms with E-state index < -0.39 is 10.8 Å². The van der Waals surface area contributed by atoms with Gasteiger partial charge in [0, 0.05) is 36.0 Å². The van der Waals surface area contributed by atoms with Gasteiger partial charge in [0.25, 0.3) is 11.6 Å². The Morgan fingerprint density at radius 2 is 1.83 bits per heavy atom. The first-order chi connectivity index (χ1) is 17.5. The lowest BCUT2D eigenvalue weighted by Crippen LogP contribution is -2.34. The summed E-state index contributed by atoms with van der Waals surface area (Å²) in [5.41, 5.74) is 3.21. The summed E-state index contributed by atoms with van der Waals surface area (Å²) in [6.45, 7) is 1.55. The lowest BCUT2D eigenvalue weighted by Gasteiger charge is -2.28. The molecule has 0 radical (unpaired) electrons. The first-order valence-corrected chi connectivity index (χ1v) is 12.8. The van der Waals surface area contributed by atoms with Crippen LogP contribution in [-0.2, 0) is 0 Å². The molecule has 8 nitrogen and oxygen atoms in total. The fraction of sp³-hybridized carbons (Fsp3) is 0.192. The fourth-order valence-corrected chi connectivity index (χ4v) is 5.45. The van der Waals surface area contributed by atoms with Gasteiger partial charge in [-0.1, -0.05) is 24.3 Å². The number of para-hydroxylation sites is 1. The number of thiazole rings is 1. The van der Waals surface area contributed by atoms with E-state index in [2.05, 4.69) is 15.6 Å². The summed E-state index contributed by atoms with van der Waals surface area (Å²) in [5.74, 6) is -0.511. The normalized spacial score (nSPS) is 13.4. The molecular formula is C26H23N5O3S2. The zero-order chi connectivity index (χ0) is 25.1. The number of carbonyl (C=O) groups is 1. The highest BCUT2D eigenvalue weighted by atomic mass is 32.1. The minimum atomic E-state index is -0.511. The molecule has 0 spiro atoms. The summed E-state index contributed by atoms with van der Waals surface area (Å²) in [6.07, 6.45) is 3.12. The summed E-state index contributed by atoms with van der Waals surface area (Å²) in [7, 11) is 0. The Labute approximate surface area is 217 Å². The fourth-order valence-electron chi connectivity index (χ4n) is 4.28. The van der Waals surface area contributed by atoms with Crippen molar-refractivity contribution in [3.63, 3.8) is 0 Å². The smallest absolute Gasteiger partial charge is 0.293 e. The number of fused-ring (bicyclic) bond motifs is 1. The predicted molar refractivity (Wildman–Crippen MR) is 148 cm³/mol. The third-order valence-electron chi connectivity index (χ3n) is 6.02. The van der Waals surface area contributed by atoms with Gasteiger partial charge in [0.1, 0.15) is 10.7 Å². The maximum absolute atomic E-state index is 12.8. The van der Waals surface area contributed by atoms with E-state index in [9.17, 15) is 14.9 Å². The lowest BCUT2D eigenvalue weighted by molar-refractivity contribution is -0.384. The van der Waals surface area contributed by atoms with Gasteiger partial charge in [-0.3, -0.25) is 20.2 Å². The number of piperidine rings is 1. The van der Waals surface area contributed by atoms with E-state index in [1.54, 1.807) is 23.5 Å². The van der Waals surface area contributed by atoms with E-state index in [1.165, 1.54) is 6.07 Å². The van der Waals surface area contributed by atoms with Crippen LogP contribution in [0.5, 0.6) is 0 Å². The molecule has 1 aliphatic rings. The van der Waals surface area contributed by atoms with Crippen LogP contribution in [-0.4, -0.2) is 34.0 Å². The third-order valence-corrected chi connectivity index (χ3v) is 7.31. The number of nitro benzene ring substituents is 1. The number of hydrogen-bond donors (Lipinski definition) is 2. The molecule has 1 amide bonds. The minimum Gasteiger partial charge on any atom is -0.366 e. The SMILES string of the molecule is O=C(NC(=S)Nc1cccc(-c2nc3ccccc3s2)c1)c1ccc(N2CCCCC2)c([N+](=O)[O-])c1. The van der Waals surface area contributed by atoms with Crippen LogP contribution in [0.25, 0.3) is 20.8 Å². The molecule has 10 heteroatoms. The first-order valence-electron chi connectivity index (χ1n) is 11.6. The molecule has 5 rings (SSSR count). The Balaban J connectivity index is 1.28. The average Bonchev–Trinajstić information content (AvgIpc) is 3.33. The topological polar surface area (TPSA) is 100 Å². The van der Waals surface area contributed by atoms with Crippen molar-refractivity contribution in [3.05, 3.63) is 82.4 Å². The minimum absolute atomic E-state index is 0.0769. The standard InChI is InChI=1S/C26H23N5O3S2/c32-24(17-11-12-21(22(16-17)31(33)34)30-13-4-1-5-14-30)29-26(35)27-19-8-6-7-18(15-19)25-28-20-9-2-3-10-23(20)36-25/h2-3,6-12,15-16H,1,4-5,13-14H2,(H2,27,29,32,35). The number of thiocarbonyl (C=S) groups is 1. The monoisotopic (exact) mass is 517 g/mol. The van der Waals surface area contributed by atoms with Crippen LogP contribution in [0.1, 0.15) is 29.6 Å². The number of benzene rings is 3. The van der Waals surface area contributed by atoms with E-state index in [-0.39, 0.29) is 16.4 Å². The van der Waals surface area contributed by atoms with Crippen molar-refractivity contribution in [2.45, 2.75) is 19.3 Å². The number of nitrogens with zero attached hydrogens (tertiary/aromatic N) is 3. The van der Waals surface area contributed by atoms with Crippen LogP contribution in [0.4, 0.5) is 17.1 Å². The highest BCUT2D eigenvalue weighted by Gasteiger charge is 2.23. The Morgan fingerprint density at radius 1 is 1.03 bits per heavy atom. The van der Waals surface area contributed by atoms with Crippen LogP contribution in [0, 0.1) is 10.1 Å². The largest absolute Gasteiger partial charge is 0.366 e. The van der Waals surface area contributed by atoms with Crippen LogP contribution in [0.2, 0.25) is 0 Å². The second-order valence-corrected chi connectivity index (χ2v) is 9.92. The molecule has 0 saturated carbocycles.